The minimum atomic E-state index is -0.525. The summed E-state index contributed by atoms with van der Waals surface area (Å²) < 4.78 is 4.84. The summed E-state index contributed by atoms with van der Waals surface area (Å²) in [4.78, 5) is 15.2. The molecule has 1 aromatic heterocycles. The molecule has 0 fully saturated rings. The fourth-order valence-electron chi connectivity index (χ4n) is 3.15. The maximum atomic E-state index is 12.1. The molecule has 152 valence electrons. The zero-order valence-electron chi connectivity index (χ0n) is 16.3. The van der Waals surface area contributed by atoms with Crippen LogP contribution >= 0.6 is 0 Å². The van der Waals surface area contributed by atoms with E-state index in [-0.39, 0.29) is 25.5 Å². The van der Waals surface area contributed by atoms with Crippen LogP contribution in [0, 0.1) is 0 Å². The summed E-state index contributed by atoms with van der Waals surface area (Å²) in [6.45, 7) is 9.34. The number of H-pyrrole nitrogens is 1. The topological polar surface area (TPSA) is 115 Å². The fraction of sp³-hybridized carbons (Fsp3) is 0.286. The molecule has 0 unspecified atom stereocenters. The standard InChI is InChI=1S/C19H24N2O5.C2H4/c1-4-12-17(16(7-20-2)21-18(12)19(25)26-3)13-6-5-11(8-22)14(9-23)15(13)10-24;1-2/h4-6,20-24H,1,7-10H2,2-3H3;1-2H2. The average Bonchev–Trinajstić information content (AvgIpc) is 3.11. The Morgan fingerprint density at radius 2 is 1.82 bits per heavy atom. The lowest BCUT2D eigenvalue weighted by molar-refractivity contribution is 0.0594. The number of aromatic amines is 1. The first kappa shape index (κ1) is 23.3. The van der Waals surface area contributed by atoms with Crippen LogP contribution in [0.1, 0.15) is 38.4 Å². The molecule has 2 rings (SSSR count). The molecule has 0 saturated heterocycles. The first-order chi connectivity index (χ1) is 13.6. The van der Waals surface area contributed by atoms with Crippen molar-refractivity contribution in [3.8, 4) is 11.1 Å². The van der Waals surface area contributed by atoms with Gasteiger partial charge in [-0.15, -0.1) is 13.2 Å². The van der Waals surface area contributed by atoms with Gasteiger partial charge in [-0.05, 0) is 29.3 Å². The number of rotatable bonds is 8. The van der Waals surface area contributed by atoms with Crippen molar-refractivity contribution in [1.29, 1.82) is 0 Å². The van der Waals surface area contributed by atoms with Crippen LogP contribution in [-0.2, 0) is 31.1 Å². The normalized spacial score (nSPS) is 10.2. The predicted octanol–water partition coefficient (Wildman–Crippen LogP) is 2.11. The van der Waals surface area contributed by atoms with Gasteiger partial charge in [0.2, 0.25) is 0 Å². The third kappa shape index (κ3) is 4.40. The number of carbonyl (C=O) groups excluding carboxylic acids is 1. The summed E-state index contributed by atoms with van der Waals surface area (Å²) in [7, 11) is 3.07. The summed E-state index contributed by atoms with van der Waals surface area (Å²) in [6, 6.07) is 3.45. The first-order valence-electron chi connectivity index (χ1n) is 8.64. The van der Waals surface area contributed by atoms with Gasteiger partial charge < -0.3 is 30.4 Å². The molecule has 0 aliphatic carbocycles. The Morgan fingerprint density at radius 3 is 2.29 bits per heavy atom. The largest absolute Gasteiger partial charge is 0.464 e. The van der Waals surface area contributed by atoms with Crippen LogP contribution in [-0.4, -0.2) is 40.4 Å². The number of benzene rings is 1. The van der Waals surface area contributed by atoms with Crippen LogP contribution in [0.4, 0.5) is 0 Å². The van der Waals surface area contributed by atoms with Crippen molar-refractivity contribution in [2.75, 3.05) is 14.2 Å². The molecule has 0 spiro atoms. The molecule has 0 radical (unpaired) electrons. The van der Waals surface area contributed by atoms with E-state index < -0.39 is 5.97 Å². The van der Waals surface area contributed by atoms with Crippen LogP contribution in [0.5, 0.6) is 0 Å². The number of carbonyl (C=O) groups is 1. The Balaban J connectivity index is 0.00000190. The lowest BCUT2D eigenvalue weighted by Crippen LogP contribution is -2.08. The molecule has 0 bridgehead atoms. The Kier molecular flexibility index (Phi) is 9.34. The van der Waals surface area contributed by atoms with Crippen LogP contribution in [0.25, 0.3) is 17.2 Å². The van der Waals surface area contributed by atoms with E-state index in [0.717, 1.165) is 5.69 Å². The number of aromatic nitrogens is 1. The Morgan fingerprint density at radius 1 is 1.18 bits per heavy atom. The second-order valence-corrected chi connectivity index (χ2v) is 5.70. The van der Waals surface area contributed by atoms with Crippen molar-refractivity contribution < 1.29 is 24.9 Å². The number of hydrogen-bond donors (Lipinski definition) is 5. The van der Waals surface area contributed by atoms with E-state index in [1.54, 1.807) is 25.3 Å². The summed E-state index contributed by atoms with van der Waals surface area (Å²) in [5.74, 6) is -0.525. The molecular formula is C21H28N2O5. The zero-order chi connectivity index (χ0) is 21.3. The highest BCUT2D eigenvalue weighted by Crippen LogP contribution is 2.36. The Bertz CT molecular complexity index is 827. The number of esters is 1. The average molecular weight is 388 g/mol. The number of nitrogens with one attached hydrogen (secondary N) is 2. The molecular weight excluding hydrogens is 360 g/mol. The van der Waals surface area contributed by atoms with Gasteiger partial charge in [-0.2, -0.15) is 0 Å². The molecule has 5 N–H and O–H groups in total. The molecule has 0 amide bonds. The molecule has 7 heteroatoms. The smallest absolute Gasteiger partial charge is 0.355 e. The third-order valence-electron chi connectivity index (χ3n) is 4.35. The highest BCUT2D eigenvalue weighted by Gasteiger charge is 2.24. The van der Waals surface area contributed by atoms with E-state index in [1.165, 1.54) is 7.11 Å². The van der Waals surface area contributed by atoms with E-state index in [4.69, 9.17) is 4.74 Å². The van der Waals surface area contributed by atoms with Gasteiger partial charge in [0.1, 0.15) is 5.69 Å². The van der Waals surface area contributed by atoms with Crippen molar-refractivity contribution in [1.82, 2.24) is 10.3 Å². The number of aliphatic hydroxyl groups is 3. The highest BCUT2D eigenvalue weighted by molar-refractivity contribution is 5.97. The summed E-state index contributed by atoms with van der Waals surface area (Å²) in [6.07, 6.45) is 1.55. The van der Waals surface area contributed by atoms with Gasteiger partial charge >= 0.3 is 5.97 Å². The van der Waals surface area contributed by atoms with E-state index >= 15 is 0 Å². The quantitative estimate of drug-likeness (QED) is 0.350. The summed E-state index contributed by atoms with van der Waals surface area (Å²) in [5.41, 5.74) is 4.39. The van der Waals surface area contributed by atoms with Gasteiger partial charge in [-0.3, -0.25) is 0 Å². The zero-order valence-corrected chi connectivity index (χ0v) is 16.3. The Labute approximate surface area is 165 Å². The molecule has 28 heavy (non-hydrogen) atoms. The van der Waals surface area contributed by atoms with Gasteiger partial charge in [0.05, 0.1) is 26.9 Å². The van der Waals surface area contributed by atoms with Crippen molar-refractivity contribution in [3.05, 3.63) is 65.5 Å². The van der Waals surface area contributed by atoms with Gasteiger partial charge in [-0.25, -0.2) is 4.79 Å². The predicted molar refractivity (Wildman–Crippen MR) is 109 cm³/mol. The molecule has 7 nitrogen and oxygen atoms in total. The third-order valence-corrected chi connectivity index (χ3v) is 4.35. The van der Waals surface area contributed by atoms with Gasteiger partial charge in [-0.1, -0.05) is 24.8 Å². The monoisotopic (exact) mass is 388 g/mol. The molecule has 2 aromatic rings. The lowest BCUT2D eigenvalue weighted by Gasteiger charge is -2.17. The summed E-state index contributed by atoms with van der Waals surface area (Å²) in [5, 5.41) is 32.2. The van der Waals surface area contributed by atoms with Crippen LogP contribution < -0.4 is 5.32 Å². The SMILES string of the molecule is C=C.C=Cc1c(C(=O)OC)[nH]c(CNC)c1-c1ccc(CO)c(CO)c1CO. The molecule has 1 heterocycles. The van der Waals surface area contributed by atoms with E-state index in [9.17, 15) is 20.1 Å². The highest BCUT2D eigenvalue weighted by atomic mass is 16.5. The van der Waals surface area contributed by atoms with Crippen molar-refractivity contribution in [2.24, 2.45) is 0 Å². The molecule has 0 atom stereocenters. The summed E-state index contributed by atoms with van der Waals surface area (Å²) >= 11 is 0. The number of ether oxygens (including phenoxy) is 1. The van der Waals surface area contributed by atoms with Crippen molar-refractivity contribution in [2.45, 2.75) is 26.4 Å². The lowest BCUT2D eigenvalue weighted by atomic mass is 9.90. The van der Waals surface area contributed by atoms with Gasteiger partial charge in [0.15, 0.2) is 0 Å². The molecule has 0 saturated carbocycles. The van der Waals surface area contributed by atoms with Crippen LogP contribution in [0.15, 0.2) is 31.9 Å². The number of aliphatic hydroxyl groups excluding tert-OH is 3. The van der Waals surface area contributed by atoms with E-state index in [0.29, 0.717) is 39.9 Å². The van der Waals surface area contributed by atoms with Crippen LogP contribution in [0.3, 0.4) is 0 Å². The Hall–Kier alpha value is -2.71. The molecule has 0 aliphatic heterocycles. The van der Waals surface area contributed by atoms with Crippen LogP contribution in [0.2, 0.25) is 0 Å². The second kappa shape index (κ2) is 11.2. The van der Waals surface area contributed by atoms with Gasteiger partial charge in [0, 0.05) is 23.4 Å². The van der Waals surface area contributed by atoms with Crippen molar-refractivity contribution in [3.63, 3.8) is 0 Å². The first-order valence-corrected chi connectivity index (χ1v) is 8.64. The minimum absolute atomic E-state index is 0.249. The fourth-order valence-corrected chi connectivity index (χ4v) is 3.15. The van der Waals surface area contributed by atoms with Gasteiger partial charge in [0.25, 0.3) is 0 Å². The second-order valence-electron chi connectivity index (χ2n) is 5.70. The minimum Gasteiger partial charge on any atom is -0.464 e. The number of hydrogen-bond acceptors (Lipinski definition) is 6. The maximum Gasteiger partial charge on any atom is 0.355 e. The maximum absolute atomic E-state index is 12.1. The number of methoxy groups -OCH3 is 1. The van der Waals surface area contributed by atoms with E-state index in [2.05, 4.69) is 30.0 Å². The van der Waals surface area contributed by atoms with Crippen molar-refractivity contribution >= 4 is 12.0 Å². The van der Waals surface area contributed by atoms with E-state index in [1.807, 2.05) is 0 Å². The molecule has 0 aliphatic rings. The molecule has 1 aromatic carbocycles.